The minimum absolute atomic E-state index is 0.0175. The Bertz CT molecular complexity index is 1240. The maximum atomic E-state index is 13.4. The van der Waals surface area contributed by atoms with Gasteiger partial charge in [-0.05, 0) is 68.5 Å². The van der Waals surface area contributed by atoms with Crippen LogP contribution in [0.5, 0.6) is 11.5 Å². The molecule has 0 radical (unpaired) electrons. The molecule has 3 aromatic rings. The molecule has 2 aliphatic heterocycles. The van der Waals surface area contributed by atoms with Gasteiger partial charge in [-0.2, -0.15) is 0 Å². The number of hydrogen-bond donors (Lipinski definition) is 1. The van der Waals surface area contributed by atoms with Crippen molar-refractivity contribution >= 4 is 34.0 Å². The molecular weight excluding hydrogens is 470 g/mol. The van der Waals surface area contributed by atoms with Crippen molar-refractivity contribution in [3.8, 4) is 11.5 Å². The maximum absolute atomic E-state index is 13.4. The summed E-state index contributed by atoms with van der Waals surface area (Å²) in [6.45, 7) is 3.51. The van der Waals surface area contributed by atoms with E-state index in [2.05, 4.69) is 28.2 Å². The van der Waals surface area contributed by atoms with Gasteiger partial charge in [0, 0.05) is 22.1 Å². The molecule has 0 bridgehead atoms. The molecule has 2 atom stereocenters. The number of nitrogens with one attached hydrogen (secondary N) is 1. The van der Waals surface area contributed by atoms with Gasteiger partial charge in [0.05, 0.1) is 11.5 Å². The number of hydrogen-bond acceptors (Lipinski definition) is 6. The summed E-state index contributed by atoms with van der Waals surface area (Å²) in [5, 5.41) is 4.48. The Morgan fingerprint density at radius 1 is 1.24 bits per heavy atom. The van der Waals surface area contributed by atoms with E-state index in [9.17, 15) is 4.79 Å². The zero-order chi connectivity index (χ0) is 23.3. The van der Waals surface area contributed by atoms with E-state index in [0.717, 1.165) is 46.2 Å². The monoisotopic (exact) mass is 495 g/mol. The maximum Gasteiger partial charge on any atom is 0.236 e. The molecule has 3 aliphatic rings. The summed E-state index contributed by atoms with van der Waals surface area (Å²) < 4.78 is 10.9. The van der Waals surface area contributed by atoms with Gasteiger partial charge in [0.25, 0.3) is 0 Å². The summed E-state index contributed by atoms with van der Waals surface area (Å²) in [5.74, 6) is 1.41. The van der Waals surface area contributed by atoms with Crippen LogP contribution in [-0.2, 0) is 10.2 Å². The van der Waals surface area contributed by atoms with E-state index < -0.39 is 5.41 Å². The first-order valence-corrected chi connectivity index (χ1v) is 12.9. The number of rotatable bonds is 6. The number of anilines is 1. The smallest absolute Gasteiger partial charge is 0.236 e. The van der Waals surface area contributed by atoms with Crippen LogP contribution in [0.4, 0.5) is 5.13 Å². The number of benzene rings is 2. The second-order valence-electron chi connectivity index (χ2n) is 9.33. The fraction of sp³-hybridized carbons (Fsp3) is 0.385. The highest BCUT2D eigenvalue weighted by atomic mass is 35.5. The fourth-order valence-electron chi connectivity index (χ4n) is 5.18. The van der Waals surface area contributed by atoms with Gasteiger partial charge in [-0.1, -0.05) is 47.2 Å². The molecular formula is C26H26ClN3O3S. The van der Waals surface area contributed by atoms with E-state index in [-0.39, 0.29) is 18.7 Å². The molecule has 1 unspecified atom stereocenters. The predicted octanol–water partition coefficient (Wildman–Crippen LogP) is 5.77. The largest absolute Gasteiger partial charge is 0.454 e. The van der Waals surface area contributed by atoms with Crippen LogP contribution >= 0.6 is 22.9 Å². The molecule has 1 saturated heterocycles. The van der Waals surface area contributed by atoms with Gasteiger partial charge in [-0.15, -0.1) is 0 Å². The number of halogens is 1. The topological polar surface area (TPSA) is 63.7 Å². The van der Waals surface area contributed by atoms with Gasteiger partial charge in [-0.25, -0.2) is 4.98 Å². The Kier molecular flexibility index (Phi) is 5.51. The Hall–Kier alpha value is -2.61. The van der Waals surface area contributed by atoms with Crippen molar-refractivity contribution in [3.05, 3.63) is 69.7 Å². The Balaban J connectivity index is 1.26. The van der Waals surface area contributed by atoms with Crippen LogP contribution in [0.15, 0.2) is 48.7 Å². The molecule has 1 N–H and O–H groups in total. The van der Waals surface area contributed by atoms with Crippen LogP contribution < -0.4 is 14.8 Å². The van der Waals surface area contributed by atoms with Crippen LogP contribution in [0.1, 0.15) is 54.7 Å². The van der Waals surface area contributed by atoms with Crippen molar-refractivity contribution in [2.24, 2.45) is 0 Å². The number of amides is 1. The molecule has 0 spiro atoms. The number of aromatic nitrogens is 1. The highest BCUT2D eigenvalue weighted by Crippen LogP contribution is 2.51. The number of carbonyl (C=O) groups is 1. The lowest BCUT2D eigenvalue weighted by atomic mass is 9.94. The fourth-order valence-corrected chi connectivity index (χ4v) is 6.38. The Morgan fingerprint density at radius 3 is 2.82 bits per heavy atom. The lowest BCUT2D eigenvalue weighted by molar-refractivity contribution is -0.118. The van der Waals surface area contributed by atoms with E-state index in [1.165, 1.54) is 24.2 Å². The molecule has 1 amide bonds. The second-order valence-corrected chi connectivity index (χ2v) is 10.8. The highest BCUT2D eigenvalue weighted by molar-refractivity contribution is 7.15. The van der Waals surface area contributed by atoms with E-state index in [1.807, 2.05) is 42.6 Å². The van der Waals surface area contributed by atoms with Crippen LogP contribution in [-0.4, -0.2) is 35.2 Å². The van der Waals surface area contributed by atoms with E-state index in [4.69, 9.17) is 21.1 Å². The third-order valence-electron chi connectivity index (χ3n) is 7.26. The summed E-state index contributed by atoms with van der Waals surface area (Å²) in [4.78, 5) is 21.5. The molecule has 8 heteroatoms. The van der Waals surface area contributed by atoms with Crippen molar-refractivity contribution in [1.29, 1.82) is 0 Å². The first-order valence-electron chi connectivity index (χ1n) is 11.7. The zero-order valence-corrected chi connectivity index (χ0v) is 20.5. The number of ether oxygens (including phenoxy) is 2. The third-order valence-corrected chi connectivity index (χ3v) is 8.57. The Morgan fingerprint density at radius 2 is 2.06 bits per heavy atom. The van der Waals surface area contributed by atoms with Crippen LogP contribution in [0.2, 0.25) is 5.02 Å². The number of likely N-dealkylation sites (tertiary alicyclic amines) is 1. The van der Waals surface area contributed by atoms with Gasteiger partial charge in [0.1, 0.15) is 0 Å². The number of fused-ring (bicyclic) bond motifs is 1. The van der Waals surface area contributed by atoms with Crippen molar-refractivity contribution in [2.75, 3.05) is 18.7 Å². The molecule has 176 valence electrons. The van der Waals surface area contributed by atoms with Crippen molar-refractivity contribution in [3.63, 3.8) is 0 Å². The first kappa shape index (κ1) is 21.9. The average molecular weight is 496 g/mol. The van der Waals surface area contributed by atoms with E-state index in [0.29, 0.717) is 16.9 Å². The standard InChI is InChI=1S/C26H26ClN3O3S/c1-16-5-4-12-30(16)23(18-6-2-3-7-19(18)27)22-14-28-25(34-22)29-24(31)26(10-11-26)17-8-9-20-21(13-17)33-15-32-20/h2-3,6-9,13-14,16,23H,4-5,10-12,15H2,1H3,(H,28,29,31)/t16-,23?/m1/s1. The summed E-state index contributed by atoms with van der Waals surface area (Å²) in [5.41, 5.74) is 1.52. The molecule has 6 rings (SSSR count). The summed E-state index contributed by atoms with van der Waals surface area (Å²) in [6, 6.07) is 14.3. The van der Waals surface area contributed by atoms with Crippen LogP contribution in [0.3, 0.4) is 0 Å². The van der Waals surface area contributed by atoms with E-state index >= 15 is 0 Å². The summed E-state index contributed by atoms with van der Waals surface area (Å²) in [6.07, 6.45) is 5.85. The van der Waals surface area contributed by atoms with Crippen LogP contribution in [0, 0.1) is 0 Å². The zero-order valence-electron chi connectivity index (χ0n) is 18.9. The molecule has 6 nitrogen and oxygen atoms in total. The third kappa shape index (κ3) is 3.76. The quantitative estimate of drug-likeness (QED) is 0.470. The van der Waals surface area contributed by atoms with Gasteiger partial charge < -0.3 is 14.8 Å². The van der Waals surface area contributed by atoms with Crippen molar-refractivity contribution in [2.45, 2.75) is 50.1 Å². The number of carbonyl (C=O) groups excluding carboxylic acids is 1. The minimum Gasteiger partial charge on any atom is -0.454 e. The van der Waals surface area contributed by atoms with E-state index in [1.54, 1.807) is 0 Å². The molecule has 1 aliphatic carbocycles. The molecule has 1 saturated carbocycles. The normalized spacial score (nSPS) is 21.4. The van der Waals surface area contributed by atoms with Gasteiger partial charge in [-0.3, -0.25) is 9.69 Å². The molecule has 2 aromatic carbocycles. The molecule has 2 fully saturated rings. The highest BCUT2D eigenvalue weighted by Gasteiger charge is 2.52. The van der Waals surface area contributed by atoms with Crippen molar-refractivity contribution in [1.82, 2.24) is 9.88 Å². The second kappa shape index (κ2) is 8.56. The van der Waals surface area contributed by atoms with Crippen molar-refractivity contribution < 1.29 is 14.3 Å². The molecule has 34 heavy (non-hydrogen) atoms. The lowest BCUT2D eigenvalue weighted by Crippen LogP contribution is -2.32. The van der Waals surface area contributed by atoms with Crippen LogP contribution in [0.25, 0.3) is 0 Å². The van der Waals surface area contributed by atoms with Gasteiger partial charge in [0.15, 0.2) is 16.6 Å². The molecule has 1 aromatic heterocycles. The van der Waals surface area contributed by atoms with Gasteiger partial charge in [0.2, 0.25) is 12.7 Å². The minimum atomic E-state index is -0.529. The predicted molar refractivity (Wildman–Crippen MR) is 133 cm³/mol. The number of nitrogens with zero attached hydrogens (tertiary/aromatic N) is 2. The lowest BCUT2D eigenvalue weighted by Gasteiger charge is -2.31. The Labute approximate surface area is 207 Å². The first-order chi connectivity index (χ1) is 16.5. The van der Waals surface area contributed by atoms with Gasteiger partial charge >= 0.3 is 0 Å². The number of thiazole rings is 1. The SMILES string of the molecule is C[C@@H]1CCCN1C(c1cnc(NC(=O)C2(c3ccc4c(c3)OCO4)CC2)s1)c1ccccc1Cl. The summed E-state index contributed by atoms with van der Waals surface area (Å²) >= 11 is 8.16. The molecule has 3 heterocycles. The average Bonchev–Trinajstić information content (AvgIpc) is 3.12. The summed E-state index contributed by atoms with van der Waals surface area (Å²) in [7, 11) is 0.